The van der Waals surface area contributed by atoms with Crippen LogP contribution < -0.4 is 4.90 Å². The molecule has 1 N–H and O–H groups in total. The fourth-order valence-corrected chi connectivity index (χ4v) is 2.51. The van der Waals surface area contributed by atoms with Crippen molar-refractivity contribution in [2.75, 3.05) is 24.7 Å². The van der Waals surface area contributed by atoms with Gasteiger partial charge in [0.15, 0.2) is 0 Å². The zero-order chi connectivity index (χ0) is 12.4. The number of nitrogens with zero attached hydrogens (tertiary/aromatic N) is 1. The normalized spacial score (nSPS) is 20.8. The van der Waals surface area contributed by atoms with Crippen molar-refractivity contribution in [2.45, 2.75) is 13.0 Å². The summed E-state index contributed by atoms with van der Waals surface area (Å²) in [5, 5.41) is 9.08. The van der Waals surface area contributed by atoms with Crippen LogP contribution >= 0.6 is 15.9 Å². The Morgan fingerprint density at radius 2 is 2.35 bits per heavy atom. The van der Waals surface area contributed by atoms with E-state index in [1.54, 1.807) is 4.90 Å². The van der Waals surface area contributed by atoms with Gasteiger partial charge in [0.1, 0.15) is 6.61 Å². The predicted octanol–water partition coefficient (Wildman–Crippen LogP) is 1.48. The fraction of sp³-hybridized carbons (Fsp3) is 0.417. The second kappa shape index (κ2) is 5.16. The molecule has 2 rings (SSSR count). The number of amides is 1. The highest BCUT2D eigenvalue weighted by molar-refractivity contribution is 9.10. The Morgan fingerprint density at radius 1 is 1.59 bits per heavy atom. The molecular weight excluding hydrogens is 286 g/mol. The van der Waals surface area contributed by atoms with Crippen LogP contribution in [0.3, 0.4) is 0 Å². The smallest absolute Gasteiger partial charge is 0.253 e. The van der Waals surface area contributed by atoms with Crippen LogP contribution in [0.5, 0.6) is 0 Å². The molecule has 1 atom stereocenters. The van der Waals surface area contributed by atoms with E-state index in [2.05, 4.69) is 15.9 Å². The maximum Gasteiger partial charge on any atom is 0.253 e. The van der Waals surface area contributed by atoms with Crippen LogP contribution in [0, 0.1) is 6.92 Å². The highest BCUT2D eigenvalue weighted by Crippen LogP contribution is 2.28. The van der Waals surface area contributed by atoms with Gasteiger partial charge in [-0.3, -0.25) is 4.79 Å². The zero-order valence-corrected chi connectivity index (χ0v) is 11.1. The number of ether oxygens (including phenoxy) is 1. The molecule has 0 saturated carbocycles. The van der Waals surface area contributed by atoms with Gasteiger partial charge in [-0.1, -0.05) is 6.07 Å². The molecular formula is C12H14BrNO3. The molecule has 1 saturated heterocycles. The van der Waals surface area contributed by atoms with E-state index in [0.29, 0.717) is 6.54 Å². The number of aryl methyl sites for hydroxylation is 1. The standard InChI is InChI=1S/C12H14BrNO3/c1-8-2-3-11(10(13)4-8)14-5-9(6-15)17-7-12(14)16/h2-4,9,15H,5-7H2,1H3. The summed E-state index contributed by atoms with van der Waals surface area (Å²) in [6.07, 6.45) is -0.305. The molecule has 5 heteroatoms. The van der Waals surface area contributed by atoms with Crippen molar-refractivity contribution in [3.8, 4) is 0 Å². The second-order valence-corrected chi connectivity index (χ2v) is 4.93. The van der Waals surface area contributed by atoms with Gasteiger partial charge in [0.2, 0.25) is 0 Å². The average Bonchev–Trinajstić information content (AvgIpc) is 2.30. The molecule has 1 aliphatic heterocycles. The molecule has 0 spiro atoms. The van der Waals surface area contributed by atoms with Crippen molar-refractivity contribution in [1.82, 2.24) is 0 Å². The van der Waals surface area contributed by atoms with Gasteiger partial charge in [0.05, 0.1) is 24.9 Å². The number of halogens is 1. The van der Waals surface area contributed by atoms with Crippen molar-refractivity contribution in [3.05, 3.63) is 28.2 Å². The minimum atomic E-state index is -0.305. The van der Waals surface area contributed by atoms with E-state index >= 15 is 0 Å². The first-order valence-electron chi connectivity index (χ1n) is 5.41. The number of hydrogen-bond donors (Lipinski definition) is 1. The predicted molar refractivity (Wildman–Crippen MR) is 68.1 cm³/mol. The number of benzene rings is 1. The average molecular weight is 300 g/mol. The minimum absolute atomic E-state index is 0.0194. The highest BCUT2D eigenvalue weighted by Gasteiger charge is 2.27. The Bertz CT molecular complexity index is 436. The number of carbonyl (C=O) groups excluding carboxylic acids is 1. The number of anilines is 1. The lowest BCUT2D eigenvalue weighted by Gasteiger charge is -2.32. The summed E-state index contributed by atoms with van der Waals surface area (Å²) < 4.78 is 6.08. The molecule has 1 fully saturated rings. The number of aliphatic hydroxyl groups excluding tert-OH is 1. The largest absolute Gasteiger partial charge is 0.394 e. The molecule has 1 unspecified atom stereocenters. The molecule has 0 aliphatic carbocycles. The fourth-order valence-electron chi connectivity index (χ4n) is 1.80. The number of hydrogen-bond acceptors (Lipinski definition) is 3. The van der Waals surface area contributed by atoms with Crippen molar-refractivity contribution in [1.29, 1.82) is 0 Å². The molecule has 0 bridgehead atoms. The third-order valence-electron chi connectivity index (χ3n) is 2.73. The van der Waals surface area contributed by atoms with Gasteiger partial charge < -0.3 is 14.7 Å². The summed E-state index contributed by atoms with van der Waals surface area (Å²) in [5.41, 5.74) is 1.95. The highest BCUT2D eigenvalue weighted by atomic mass is 79.9. The minimum Gasteiger partial charge on any atom is -0.394 e. The molecule has 1 heterocycles. The lowest BCUT2D eigenvalue weighted by atomic mass is 10.2. The molecule has 1 aromatic carbocycles. The molecule has 4 nitrogen and oxygen atoms in total. The Labute approximate surface area is 108 Å². The van der Waals surface area contributed by atoms with E-state index in [9.17, 15) is 4.79 Å². The number of morpholine rings is 1. The summed E-state index contributed by atoms with van der Waals surface area (Å²) >= 11 is 3.45. The van der Waals surface area contributed by atoms with Gasteiger partial charge in [-0.15, -0.1) is 0 Å². The van der Waals surface area contributed by atoms with E-state index in [-0.39, 0.29) is 25.2 Å². The van der Waals surface area contributed by atoms with Gasteiger partial charge in [0.25, 0.3) is 5.91 Å². The summed E-state index contributed by atoms with van der Waals surface area (Å²) in [6, 6.07) is 5.82. The van der Waals surface area contributed by atoms with Crippen molar-refractivity contribution >= 4 is 27.5 Å². The third-order valence-corrected chi connectivity index (χ3v) is 3.36. The van der Waals surface area contributed by atoms with E-state index < -0.39 is 0 Å². The lowest BCUT2D eigenvalue weighted by Crippen LogP contribution is -2.48. The van der Waals surface area contributed by atoms with Gasteiger partial charge in [-0.05, 0) is 40.5 Å². The van der Waals surface area contributed by atoms with Crippen LogP contribution in [0.2, 0.25) is 0 Å². The second-order valence-electron chi connectivity index (χ2n) is 4.07. The van der Waals surface area contributed by atoms with E-state index in [1.165, 1.54) is 0 Å². The first-order valence-corrected chi connectivity index (χ1v) is 6.20. The molecule has 17 heavy (non-hydrogen) atoms. The van der Waals surface area contributed by atoms with Gasteiger partial charge in [-0.2, -0.15) is 0 Å². The van der Waals surface area contributed by atoms with E-state index in [4.69, 9.17) is 9.84 Å². The molecule has 0 radical (unpaired) electrons. The molecule has 0 aromatic heterocycles. The quantitative estimate of drug-likeness (QED) is 0.900. The van der Waals surface area contributed by atoms with Crippen LogP contribution in [0.1, 0.15) is 5.56 Å². The maximum absolute atomic E-state index is 11.8. The number of rotatable bonds is 2. The van der Waals surface area contributed by atoms with Gasteiger partial charge in [0, 0.05) is 4.47 Å². The van der Waals surface area contributed by atoms with Crippen LogP contribution in [0.15, 0.2) is 22.7 Å². The van der Waals surface area contributed by atoms with Crippen LogP contribution in [-0.2, 0) is 9.53 Å². The first-order chi connectivity index (χ1) is 8.11. The Hall–Kier alpha value is -0.910. The molecule has 1 aliphatic rings. The van der Waals surface area contributed by atoms with Crippen LogP contribution in [0.25, 0.3) is 0 Å². The summed E-state index contributed by atoms with van der Waals surface area (Å²) in [4.78, 5) is 13.4. The Morgan fingerprint density at radius 3 is 3.00 bits per heavy atom. The van der Waals surface area contributed by atoms with Crippen molar-refractivity contribution in [3.63, 3.8) is 0 Å². The van der Waals surface area contributed by atoms with E-state index in [1.807, 2.05) is 25.1 Å². The topological polar surface area (TPSA) is 49.8 Å². The van der Waals surface area contributed by atoms with Crippen LogP contribution in [-0.4, -0.2) is 36.9 Å². The Balaban J connectivity index is 2.27. The van der Waals surface area contributed by atoms with Crippen LogP contribution in [0.4, 0.5) is 5.69 Å². The molecule has 1 amide bonds. The number of carbonyl (C=O) groups is 1. The summed E-state index contributed by atoms with van der Waals surface area (Å²) in [5.74, 6) is -0.0840. The zero-order valence-electron chi connectivity index (χ0n) is 9.52. The van der Waals surface area contributed by atoms with Gasteiger partial charge >= 0.3 is 0 Å². The van der Waals surface area contributed by atoms with Crippen molar-refractivity contribution in [2.24, 2.45) is 0 Å². The van der Waals surface area contributed by atoms with Gasteiger partial charge in [-0.25, -0.2) is 0 Å². The SMILES string of the molecule is Cc1ccc(N2CC(CO)OCC2=O)c(Br)c1. The third kappa shape index (κ3) is 2.68. The molecule has 1 aromatic rings. The maximum atomic E-state index is 11.8. The Kier molecular flexibility index (Phi) is 3.81. The lowest BCUT2D eigenvalue weighted by molar-refractivity contribution is -0.130. The van der Waals surface area contributed by atoms with E-state index in [0.717, 1.165) is 15.7 Å². The summed E-state index contributed by atoms with van der Waals surface area (Å²) in [7, 11) is 0. The first kappa shape index (κ1) is 12.5. The monoisotopic (exact) mass is 299 g/mol. The number of aliphatic hydroxyl groups is 1. The molecule has 92 valence electrons. The summed E-state index contributed by atoms with van der Waals surface area (Å²) in [6.45, 7) is 2.32. The van der Waals surface area contributed by atoms with Crippen molar-refractivity contribution < 1.29 is 14.6 Å².